The summed E-state index contributed by atoms with van der Waals surface area (Å²) in [5.41, 5.74) is 0.909. The third kappa shape index (κ3) is 1.44. The number of benzene rings is 1. The normalized spacial score (nSPS) is 10.1. The summed E-state index contributed by atoms with van der Waals surface area (Å²) in [5.74, 6) is 0.693. The standard InChI is InChI=1S/C11H10N2O/c1-13-10(14)7-8-12-11(13)9-5-3-2-4-6-9/h2-8H,1H3. The van der Waals surface area contributed by atoms with Crippen molar-refractivity contribution in [3.05, 3.63) is 52.9 Å². The maximum atomic E-state index is 11.3. The maximum absolute atomic E-state index is 11.3. The van der Waals surface area contributed by atoms with E-state index in [1.54, 1.807) is 7.05 Å². The molecule has 1 heterocycles. The zero-order chi connectivity index (χ0) is 9.97. The highest BCUT2D eigenvalue weighted by Crippen LogP contribution is 2.12. The van der Waals surface area contributed by atoms with E-state index >= 15 is 0 Å². The van der Waals surface area contributed by atoms with E-state index in [1.165, 1.54) is 16.8 Å². The quantitative estimate of drug-likeness (QED) is 0.675. The number of nitrogens with zero attached hydrogens (tertiary/aromatic N) is 2. The van der Waals surface area contributed by atoms with Crippen LogP contribution in [0.25, 0.3) is 11.4 Å². The van der Waals surface area contributed by atoms with Crippen LogP contribution in [0.1, 0.15) is 0 Å². The van der Waals surface area contributed by atoms with Gasteiger partial charge in [-0.15, -0.1) is 0 Å². The molecule has 0 saturated heterocycles. The minimum absolute atomic E-state index is 0.0427. The van der Waals surface area contributed by atoms with Gasteiger partial charge in [-0.1, -0.05) is 30.3 Å². The molecule has 1 aromatic carbocycles. The van der Waals surface area contributed by atoms with Gasteiger partial charge >= 0.3 is 0 Å². The lowest BCUT2D eigenvalue weighted by Gasteiger charge is -2.05. The summed E-state index contributed by atoms with van der Waals surface area (Å²) >= 11 is 0. The van der Waals surface area contributed by atoms with Crippen molar-refractivity contribution in [1.82, 2.24) is 9.55 Å². The van der Waals surface area contributed by atoms with Gasteiger partial charge in [-0.2, -0.15) is 0 Å². The Kier molecular flexibility index (Phi) is 2.14. The fourth-order valence-electron chi connectivity index (χ4n) is 1.33. The van der Waals surface area contributed by atoms with Crippen molar-refractivity contribution in [2.24, 2.45) is 7.05 Å². The summed E-state index contributed by atoms with van der Waals surface area (Å²) in [5, 5.41) is 0. The van der Waals surface area contributed by atoms with Gasteiger partial charge in [-0.25, -0.2) is 4.98 Å². The summed E-state index contributed by atoms with van der Waals surface area (Å²) in [6.07, 6.45) is 1.53. The number of hydrogen-bond donors (Lipinski definition) is 0. The van der Waals surface area contributed by atoms with Crippen LogP contribution in [-0.4, -0.2) is 9.55 Å². The molecule has 0 radical (unpaired) electrons. The average Bonchev–Trinajstić information content (AvgIpc) is 2.23. The van der Waals surface area contributed by atoms with Gasteiger partial charge in [0.05, 0.1) is 0 Å². The molecule has 2 aromatic rings. The van der Waals surface area contributed by atoms with Gasteiger partial charge in [0.15, 0.2) is 0 Å². The number of hydrogen-bond acceptors (Lipinski definition) is 2. The molecule has 0 saturated carbocycles. The van der Waals surface area contributed by atoms with Crippen LogP contribution in [0.5, 0.6) is 0 Å². The largest absolute Gasteiger partial charge is 0.296 e. The summed E-state index contributed by atoms with van der Waals surface area (Å²) in [6, 6.07) is 11.1. The molecule has 3 nitrogen and oxygen atoms in total. The smallest absolute Gasteiger partial charge is 0.253 e. The van der Waals surface area contributed by atoms with Crippen LogP contribution in [0.15, 0.2) is 47.4 Å². The lowest BCUT2D eigenvalue weighted by molar-refractivity contribution is 0.837. The Labute approximate surface area is 81.7 Å². The first-order valence-corrected chi connectivity index (χ1v) is 4.36. The van der Waals surface area contributed by atoms with Gasteiger partial charge < -0.3 is 0 Å². The molecule has 3 heteroatoms. The maximum Gasteiger partial charge on any atom is 0.253 e. The highest BCUT2D eigenvalue weighted by molar-refractivity contribution is 5.54. The Balaban J connectivity index is 2.64. The van der Waals surface area contributed by atoms with Gasteiger partial charge in [-0.05, 0) is 0 Å². The van der Waals surface area contributed by atoms with E-state index in [9.17, 15) is 4.79 Å². The van der Waals surface area contributed by atoms with E-state index in [2.05, 4.69) is 4.98 Å². The van der Waals surface area contributed by atoms with Gasteiger partial charge in [0, 0.05) is 24.9 Å². The molecule has 0 aliphatic heterocycles. The van der Waals surface area contributed by atoms with E-state index in [-0.39, 0.29) is 5.56 Å². The molecule has 0 N–H and O–H groups in total. The lowest BCUT2D eigenvalue weighted by atomic mass is 10.2. The van der Waals surface area contributed by atoms with Gasteiger partial charge in [0.1, 0.15) is 5.82 Å². The van der Waals surface area contributed by atoms with Crippen molar-refractivity contribution in [3.63, 3.8) is 0 Å². The van der Waals surface area contributed by atoms with Crippen LogP contribution >= 0.6 is 0 Å². The fourth-order valence-corrected chi connectivity index (χ4v) is 1.33. The summed E-state index contributed by atoms with van der Waals surface area (Å²) in [6.45, 7) is 0. The first kappa shape index (κ1) is 8.69. The van der Waals surface area contributed by atoms with E-state index in [0.717, 1.165) is 5.56 Å². The SMILES string of the molecule is Cn1c(-c2ccccc2)nccc1=O. The molecule has 0 spiro atoms. The first-order valence-electron chi connectivity index (χ1n) is 4.36. The van der Waals surface area contributed by atoms with Crippen LogP contribution in [0.3, 0.4) is 0 Å². The molecule has 1 aromatic heterocycles. The molecule has 0 aliphatic rings. The summed E-state index contributed by atoms with van der Waals surface area (Å²) in [4.78, 5) is 15.5. The first-order chi connectivity index (χ1) is 6.79. The van der Waals surface area contributed by atoms with E-state index < -0.39 is 0 Å². The second-order valence-corrected chi connectivity index (χ2v) is 3.03. The molecular formula is C11H10N2O. The van der Waals surface area contributed by atoms with Crippen molar-refractivity contribution >= 4 is 0 Å². The predicted molar refractivity (Wildman–Crippen MR) is 54.9 cm³/mol. The fraction of sp³-hybridized carbons (Fsp3) is 0.0909. The molecule has 14 heavy (non-hydrogen) atoms. The molecule has 0 amide bonds. The Hall–Kier alpha value is -1.90. The van der Waals surface area contributed by atoms with Crippen LogP contribution in [-0.2, 0) is 7.05 Å². The molecule has 0 atom stereocenters. The zero-order valence-corrected chi connectivity index (χ0v) is 7.84. The summed E-state index contributed by atoms with van der Waals surface area (Å²) < 4.78 is 1.54. The van der Waals surface area contributed by atoms with Crippen LogP contribution in [0.4, 0.5) is 0 Å². The number of aromatic nitrogens is 2. The summed E-state index contributed by atoms with van der Waals surface area (Å²) in [7, 11) is 1.72. The monoisotopic (exact) mass is 186 g/mol. The van der Waals surface area contributed by atoms with Gasteiger partial charge in [0.25, 0.3) is 5.56 Å². The lowest BCUT2D eigenvalue weighted by Crippen LogP contribution is -2.17. The molecular weight excluding hydrogens is 176 g/mol. The Morgan fingerprint density at radius 3 is 2.57 bits per heavy atom. The Morgan fingerprint density at radius 2 is 1.86 bits per heavy atom. The van der Waals surface area contributed by atoms with Gasteiger partial charge in [0.2, 0.25) is 0 Å². The molecule has 0 aliphatic carbocycles. The Morgan fingerprint density at radius 1 is 1.14 bits per heavy atom. The molecule has 2 rings (SSSR count). The minimum Gasteiger partial charge on any atom is -0.296 e. The highest BCUT2D eigenvalue weighted by atomic mass is 16.1. The predicted octanol–water partition coefficient (Wildman–Crippen LogP) is 1.45. The molecule has 70 valence electrons. The topological polar surface area (TPSA) is 34.9 Å². The van der Waals surface area contributed by atoms with Crippen LogP contribution in [0.2, 0.25) is 0 Å². The molecule has 0 fully saturated rings. The highest BCUT2D eigenvalue weighted by Gasteiger charge is 2.02. The van der Waals surface area contributed by atoms with Crippen LogP contribution in [0, 0.1) is 0 Å². The van der Waals surface area contributed by atoms with Crippen molar-refractivity contribution in [3.8, 4) is 11.4 Å². The van der Waals surface area contributed by atoms with Crippen LogP contribution < -0.4 is 5.56 Å². The molecule has 0 bridgehead atoms. The van der Waals surface area contributed by atoms with Crippen molar-refractivity contribution in [2.45, 2.75) is 0 Å². The average molecular weight is 186 g/mol. The zero-order valence-electron chi connectivity index (χ0n) is 7.84. The van der Waals surface area contributed by atoms with E-state index in [1.807, 2.05) is 30.3 Å². The third-order valence-electron chi connectivity index (χ3n) is 2.09. The van der Waals surface area contributed by atoms with Crippen molar-refractivity contribution < 1.29 is 0 Å². The number of rotatable bonds is 1. The third-order valence-corrected chi connectivity index (χ3v) is 2.09. The Bertz CT molecular complexity index is 488. The van der Waals surface area contributed by atoms with E-state index in [4.69, 9.17) is 0 Å². The second-order valence-electron chi connectivity index (χ2n) is 3.03. The van der Waals surface area contributed by atoms with Gasteiger partial charge in [-0.3, -0.25) is 9.36 Å². The van der Waals surface area contributed by atoms with Crippen molar-refractivity contribution in [1.29, 1.82) is 0 Å². The minimum atomic E-state index is -0.0427. The molecule has 0 unspecified atom stereocenters. The van der Waals surface area contributed by atoms with Crippen molar-refractivity contribution in [2.75, 3.05) is 0 Å². The second kappa shape index (κ2) is 3.46. The van der Waals surface area contributed by atoms with E-state index in [0.29, 0.717) is 5.82 Å².